The summed E-state index contributed by atoms with van der Waals surface area (Å²) in [4.78, 5) is 57.7. The molecule has 0 aliphatic heterocycles. The van der Waals surface area contributed by atoms with Gasteiger partial charge in [-0.05, 0) is 25.4 Å². The highest BCUT2D eigenvalue weighted by molar-refractivity contribution is 7.98. The van der Waals surface area contributed by atoms with Crippen molar-refractivity contribution in [3.8, 4) is 0 Å². The monoisotopic (exact) mass is 391 g/mol. The molecule has 0 heterocycles. The predicted octanol–water partition coefficient (Wildman–Crippen LogP) is -2.87. The van der Waals surface area contributed by atoms with Crippen LogP contribution < -0.4 is 27.4 Å². The number of nitrogens with two attached hydrogens (primary N) is 2. The van der Waals surface area contributed by atoms with Crippen LogP contribution in [0.4, 0.5) is 0 Å². The van der Waals surface area contributed by atoms with Crippen molar-refractivity contribution in [3.63, 3.8) is 0 Å². The van der Waals surface area contributed by atoms with Crippen LogP contribution in [0.3, 0.4) is 0 Å². The first-order valence-electron chi connectivity index (χ1n) is 7.71. The molecule has 0 aliphatic carbocycles. The standard InChI is InChI=1S/C14H25N5O6S/c1-7(15)12(22)17-6-11(21)18-9(5-10(16)20)13(23)19-8(14(24)25)3-4-26-2/h7-9H,3-6,15H2,1-2H3,(H2,16,20)(H,17,22)(H,18,21)(H,19,23)(H,24,25). The van der Waals surface area contributed by atoms with Crippen LogP contribution in [0.2, 0.25) is 0 Å². The largest absolute Gasteiger partial charge is 0.480 e. The van der Waals surface area contributed by atoms with Crippen LogP contribution in [0, 0.1) is 0 Å². The predicted molar refractivity (Wildman–Crippen MR) is 95.0 cm³/mol. The van der Waals surface area contributed by atoms with Crippen molar-refractivity contribution in [2.45, 2.75) is 37.9 Å². The van der Waals surface area contributed by atoms with Gasteiger partial charge in [0.2, 0.25) is 23.6 Å². The number of primary amides is 1. The van der Waals surface area contributed by atoms with Gasteiger partial charge in [0.1, 0.15) is 12.1 Å². The van der Waals surface area contributed by atoms with E-state index in [4.69, 9.17) is 16.6 Å². The molecule has 3 atom stereocenters. The van der Waals surface area contributed by atoms with E-state index >= 15 is 0 Å². The van der Waals surface area contributed by atoms with Gasteiger partial charge in [-0.2, -0.15) is 11.8 Å². The molecule has 0 saturated heterocycles. The zero-order chi connectivity index (χ0) is 20.3. The smallest absolute Gasteiger partial charge is 0.326 e. The summed E-state index contributed by atoms with van der Waals surface area (Å²) in [6.07, 6.45) is 1.44. The van der Waals surface area contributed by atoms with Crippen molar-refractivity contribution in [2.24, 2.45) is 11.5 Å². The van der Waals surface area contributed by atoms with E-state index in [1.54, 1.807) is 6.26 Å². The number of carbonyl (C=O) groups is 5. The summed E-state index contributed by atoms with van der Waals surface area (Å²) in [5.41, 5.74) is 10.4. The zero-order valence-corrected chi connectivity index (χ0v) is 15.4. The van der Waals surface area contributed by atoms with Gasteiger partial charge in [-0.1, -0.05) is 0 Å². The average molecular weight is 391 g/mol. The van der Waals surface area contributed by atoms with E-state index in [9.17, 15) is 24.0 Å². The van der Waals surface area contributed by atoms with Gasteiger partial charge < -0.3 is 32.5 Å². The highest BCUT2D eigenvalue weighted by Gasteiger charge is 2.27. The van der Waals surface area contributed by atoms with E-state index in [0.29, 0.717) is 5.75 Å². The summed E-state index contributed by atoms with van der Waals surface area (Å²) >= 11 is 1.41. The lowest BCUT2D eigenvalue weighted by atomic mass is 10.1. The topological polar surface area (TPSA) is 194 Å². The lowest BCUT2D eigenvalue weighted by molar-refractivity contribution is -0.142. The highest BCUT2D eigenvalue weighted by atomic mass is 32.2. The third kappa shape index (κ3) is 9.84. The Bertz CT molecular complexity index is 542. The van der Waals surface area contributed by atoms with E-state index in [1.807, 2.05) is 0 Å². The summed E-state index contributed by atoms with van der Waals surface area (Å²) in [5.74, 6) is -3.78. The molecule has 0 rings (SSSR count). The highest BCUT2D eigenvalue weighted by Crippen LogP contribution is 2.02. The molecule has 0 fully saturated rings. The lowest BCUT2D eigenvalue weighted by Crippen LogP contribution is -2.54. The number of hydrogen-bond donors (Lipinski definition) is 6. The maximum atomic E-state index is 12.2. The molecule has 8 N–H and O–H groups in total. The number of hydrogen-bond acceptors (Lipinski definition) is 7. The molecule has 0 aromatic carbocycles. The molecule has 3 unspecified atom stereocenters. The third-order valence-corrected chi connectivity index (χ3v) is 3.76. The number of carbonyl (C=O) groups excluding carboxylic acids is 4. The van der Waals surface area contributed by atoms with Gasteiger partial charge in [0.05, 0.1) is 19.0 Å². The van der Waals surface area contributed by atoms with Crippen LogP contribution in [0.5, 0.6) is 0 Å². The van der Waals surface area contributed by atoms with Crippen LogP contribution >= 0.6 is 11.8 Å². The zero-order valence-electron chi connectivity index (χ0n) is 14.6. The Morgan fingerprint density at radius 2 is 1.69 bits per heavy atom. The Morgan fingerprint density at radius 1 is 1.08 bits per heavy atom. The lowest BCUT2D eigenvalue weighted by Gasteiger charge is -2.20. The molecule has 0 aromatic rings. The van der Waals surface area contributed by atoms with Crippen LogP contribution in [0.25, 0.3) is 0 Å². The molecule has 0 aliphatic rings. The molecule has 0 aromatic heterocycles. The van der Waals surface area contributed by atoms with Crippen LogP contribution in [-0.2, 0) is 24.0 Å². The second-order valence-corrected chi connectivity index (χ2v) is 6.46. The Kier molecular flexibility index (Phi) is 11.0. The molecule has 148 valence electrons. The number of carboxylic acids is 1. The Balaban J connectivity index is 4.86. The Morgan fingerprint density at radius 3 is 2.15 bits per heavy atom. The molecule has 12 heteroatoms. The maximum Gasteiger partial charge on any atom is 0.326 e. The molecule has 0 bridgehead atoms. The normalized spacial score (nSPS) is 13.8. The molecule has 0 radical (unpaired) electrons. The van der Waals surface area contributed by atoms with Gasteiger partial charge in [0.15, 0.2) is 0 Å². The Labute approximate surface area is 155 Å². The first-order valence-corrected chi connectivity index (χ1v) is 9.10. The van der Waals surface area contributed by atoms with Gasteiger partial charge in [-0.25, -0.2) is 4.79 Å². The number of amides is 4. The van der Waals surface area contributed by atoms with E-state index in [2.05, 4.69) is 16.0 Å². The number of nitrogens with one attached hydrogen (secondary N) is 3. The second-order valence-electron chi connectivity index (χ2n) is 5.48. The van der Waals surface area contributed by atoms with Gasteiger partial charge >= 0.3 is 5.97 Å². The average Bonchev–Trinajstić information content (AvgIpc) is 2.54. The maximum absolute atomic E-state index is 12.2. The second kappa shape index (κ2) is 12.1. The third-order valence-electron chi connectivity index (χ3n) is 3.12. The van der Waals surface area contributed by atoms with E-state index in [0.717, 1.165) is 0 Å². The molecule has 11 nitrogen and oxygen atoms in total. The minimum absolute atomic E-state index is 0.171. The van der Waals surface area contributed by atoms with Gasteiger partial charge in [0, 0.05) is 0 Å². The Hall–Kier alpha value is -2.34. The van der Waals surface area contributed by atoms with Crippen molar-refractivity contribution >= 4 is 41.4 Å². The van der Waals surface area contributed by atoms with Crippen molar-refractivity contribution in [1.82, 2.24) is 16.0 Å². The fourth-order valence-electron chi connectivity index (χ4n) is 1.75. The van der Waals surface area contributed by atoms with Gasteiger partial charge in [0.25, 0.3) is 0 Å². The first kappa shape index (κ1) is 23.7. The number of carboxylic acid groups (broad SMARTS) is 1. The van der Waals surface area contributed by atoms with Gasteiger partial charge in [-0.3, -0.25) is 19.2 Å². The van der Waals surface area contributed by atoms with E-state index in [-0.39, 0.29) is 6.42 Å². The summed E-state index contributed by atoms with van der Waals surface area (Å²) in [7, 11) is 0. The fourth-order valence-corrected chi connectivity index (χ4v) is 2.22. The van der Waals surface area contributed by atoms with Crippen LogP contribution in [0.15, 0.2) is 0 Å². The molecule has 0 spiro atoms. The van der Waals surface area contributed by atoms with Gasteiger partial charge in [-0.15, -0.1) is 0 Å². The van der Waals surface area contributed by atoms with Crippen molar-refractivity contribution in [1.29, 1.82) is 0 Å². The first-order chi connectivity index (χ1) is 12.1. The van der Waals surface area contributed by atoms with Crippen LogP contribution in [0.1, 0.15) is 19.8 Å². The van der Waals surface area contributed by atoms with E-state index < -0.39 is 60.7 Å². The molecular weight excluding hydrogens is 366 g/mol. The molecule has 4 amide bonds. The summed E-state index contributed by atoms with van der Waals surface area (Å²) in [6, 6.07) is -3.34. The molecular formula is C14H25N5O6S. The quantitative estimate of drug-likeness (QED) is 0.204. The minimum Gasteiger partial charge on any atom is -0.480 e. The summed E-state index contributed by atoms with van der Waals surface area (Å²) < 4.78 is 0. The number of thioether (sulfide) groups is 1. The summed E-state index contributed by atoms with van der Waals surface area (Å²) in [6.45, 7) is 0.967. The molecule has 0 saturated carbocycles. The molecule has 26 heavy (non-hydrogen) atoms. The van der Waals surface area contributed by atoms with Crippen molar-refractivity contribution < 1.29 is 29.1 Å². The van der Waals surface area contributed by atoms with E-state index in [1.165, 1.54) is 18.7 Å². The number of aliphatic carboxylic acids is 1. The fraction of sp³-hybridized carbons (Fsp3) is 0.643. The number of rotatable bonds is 12. The SMILES string of the molecule is CSCCC(NC(=O)C(CC(N)=O)NC(=O)CNC(=O)C(C)N)C(=O)O. The summed E-state index contributed by atoms with van der Waals surface area (Å²) in [5, 5.41) is 15.9. The van der Waals surface area contributed by atoms with Crippen molar-refractivity contribution in [2.75, 3.05) is 18.6 Å². The van der Waals surface area contributed by atoms with Crippen molar-refractivity contribution in [3.05, 3.63) is 0 Å². The minimum atomic E-state index is -1.36. The van der Waals surface area contributed by atoms with Crippen LogP contribution in [-0.4, -0.2) is 71.4 Å².